The third-order valence-corrected chi connectivity index (χ3v) is 0.692. The second kappa shape index (κ2) is 1.26. The Morgan fingerprint density at radius 2 is 2.60 bits per heavy atom. The van der Waals surface area contributed by atoms with Crippen LogP contribution in [0.3, 0.4) is 0 Å². The van der Waals surface area contributed by atoms with Crippen LogP contribution in [0.15, 0.2) is 9.74 Å². The van der Waals surface area contributed by atoms with Crippen LogP contribution < -0.4 is 5.43 Å². The Hall–Kier alpha value is -0.250. The predicted octanol–water partition coefficient (Wildman–Crippen LogP) is 0.577. The topological polar surface area (TPSA) is 38.8 Å². The van der Waals surface area contributed by atoms with E-state index in [2.05, 4.69) is 15.2 Å². The van der Waals surface area contributed by atoms with Gasteiger partial charge in [-0.25, -0.2) is 0 Å². The van der Waals surface area contributed by atoms with Crippen molar-refractivity contribution in [3.05, 3.63) is 0 Å². The molecular formula is CH2N3S. The van der Waals surface area contributed by atoms with Crippen molar-refractivity contribution in [2.24, 2.45) is 9.74 Å². The van der Waals surface area contributed by atoms with Gasteiger partial charge in [0.05, 0.1) is 0 Å². The van der Waals surface area contributed by atoms with Gasteiger partial charge in [0.1, 0.15) is 5.88 Å². The smallest absolute Gasteiger partial charge is 0.131 e. The molecule has 0 atom stereocenters. The van der Waals surface area contributed by atoms with E-state index >= 15 is 0 Å². The first kappa shape index (κ1) is 2.96. The molecule has 4 heteroatoms. The van der Waals surface area contributed by atoms with Gasteiger partial charge in [-0.2, -0.15) is 5.43 Å². The van der Waals surface area contributed by atoms with Crippen molar-refractivity contribution in [3.63, 3.8) is 0 Å². The van der Waals surface area contributed by atoms with Gasteiger partial charge < -0.3 is 0 Å². The van der Waals surface area contributed by atoms with E-state index in [-0.39, 0.29) is 0 Å². The number of hydrogen-bond donors (Lipinski definition) is 0. The predicted molar refractivity (Wildman–Crippen MR) is 19.4 cm³/mol. The standard InChI is InChI=1S/CH2N3S/c1-2-3-4-5-1/h1H2. The number of rotatable bonds is 0. The molecule has 0 saturated carbocycles. The Kier molecular flexibility index (Phi) is 0.744. The van der Waals surface area contributed by atoms with Crippen molar-refractivity contribution < 1.29 is 0 Å². The van der Waals surface area contributed by atoms with Crippen LogP contribution in [0, 0.1) is 0 Å². The third kappa shape index (κ3) is 0.509. The summed E-state index contributed by atoms with van der Waals surface area (Å²) in [5, 5.41) is 3.30. The monoisotopic (exact) mass is 88.0 g/mol. The summed E-state index contributed by atoms with van der Waals surface area (Å²) >= 11 is 1.37. The lowest BCUT2D eigenvalue weighted by Gasteiger charge is -1.64. The second-order valence-corrected chi connectivity index (χ2v) is 1.25. The molecule has 0 N–H and O–H groups in total. The van der Waals surface area contributed by atoms with Crippen LogP contribution >= 0.6 is 11.9 Å². The van der Waals surface area contributed by atoms with Gasteiger partial charge in [-0.05, 0) is 5.22 Å². The summed E-state index contributed by atoms with van der Waals surface area (Å²) in [5.74, 6) is 0.708. The van der Waals surface area contributed by atoms with Crippen molar-refractivity contribution in [2.75, 3.05) is 5.88 Å². The quantitative estimate of drug-likeness (QED) is 0.399. The van der Waals surface area contributed by atoms with Crippen LogP contribution in [0.2, 0.25) is 0 Å². The highest BCUT2D eigenvalue weighted by Gasteiger charge is 1.89. The fraction of sp³-hybridized carbons (Fsp3) is 1.00. The minimum absolute atomic E-state index is 0.708. The molecule has 1 rings (SSSR count). The van der Waals surface area contributed by atoms with E-state index in [1.807, 2.05) is 0 Å². The van der Waals surface area contributed by atoms with E-state index in [0.29, 0.717) is 5.88 Å². The normalized spacial score (nSPS) is 19.2. The second-order valence-electron chi connectivity index (χ2n) is 0.571. The van der Waals surface area contributed by atoms with E-state index in [4.69, 9.17) is 0 Å². The summed E-state index contributed by atoms with van der Waals surface area (Å²) in [7, 11) is 0. The van der Waals surface area contributed by atoms with E-state index < -0.39 is 0 Å². The van der Waals surface area contributed by atoms with Crippen LogP contribution in [-0.2, 0) is 0 Å². The van der Waals surface area contributed by atoms with Gasteiger partial charge in [0.25, 0.3) is 0 Å². The molecule has 0 amide bonds. The van der Waals surface area contributed by atoms with E-state index in [1.54, 1.807) is 0 Å². The largest absolute Gasteiger partial charge is 0.155 e. The molecule has 27 valence electrons. The van der Waals surface area contributed by atoms with Crippen molar-refractivity contribution in [2.45, 2.75) is 0 Å². The summed E-state index contributed by atoms with van der Waals surface area (Å²) in [5.41, 5.74) is 3.50. The molecule has 0 aliphatic carbocycles. The fourth-order valence-corrected chi connectivity index (χ4v) is 0.387. The molecule has 3 nitrogen and oxygen atoms in total. The van der Waals surface area contributed by atoms with E-state index in [9.17, 15) is 0 Å². The maximum atomic E-state index is 3.50. The van der Waals surface area contributed by atoms with Crippen molar-refractivity contribution in [1.29, 1.82) is 0 Å². The van der Waals surface area contributed by atoms with Crippen molar-refractivity contribution in [3.8, 4) is 0 Å². The van der Waals surface area contributed by atoms with Crippen LogP contribution in [0.5, 0.6) is 0 Å². The highest BCUT2D eigenvalue weighted by molar-refractivity contribution is 7.97. The molecule has 0 aromatic rings. The maximum Gasteiger partial charge on any atom is 0.131 e. The zero-order valence-electron chi connectivity index (χ0n) is 2.46. The fourth-order valence-electron chi connectivity index (χ4n) is 0.129. The van der Waals surface area contributed by atoms with Gasteiger partial charge in [-0.1, -0.05) is 4.52 Å². The Labute approximate surface area is 34.0 Å². The molecule has 5 heavy (non-hydrogen) atoms. The Morgan fingerprint density at radius 3 is 2.80 bits per heavy atom. The van der Waals surface area contributed by atoms with Crippen LogP contribution in [-0.4, -0.2) is 5.88 Å². The zero-order valence-corrected chi connectivity index (χ0v) is 3.27. The van der Waals surface area contributed by atoms with E-state index in [0.717, 1.165) is 0 Å². The average Bonchev–Trinajstić information content (AvgIpc) is 1.76. The van der Waals surface area contributed by atoms with Crippen LogP contribution in [0.4, 0.5) is 0 Å². The van der Waals surface area contributed by atoms with Gasteiger partial charge in [-0.15, -0.1) is 0 Å². The minimum atomic E-state index is 0.708. The molecule has 1 aliphatic rings. The van der Waals surface area contributed by atoms with Crippen LogP contribution in [0.25, 0.3) is 0 Å². The lowest BCUT2D eigenvalue weighted by Crippen LogP contribution is -1.81. The molecule has 0 saturated heterocycles. The van der Waals surface area contributed by atoms with Gasteiger partial charge >= 0.3 is 0 Å². The highest BCUT2D eigenvalue weighted by atomic mass is 32.2. The Balaban J connectivity index is 2.32. The average molecular weight is 88.1 g/mol. The van der Waals surface area contributed by atoms with Gasteiger partial charge in [0.2, 0.25) is 0 Å². The summed E-state index contributed by atoms with van der Waals surface area (Å²) in [6.45, 7) is 0. The summed E-state index contributed by atoms with van der Waals surface area (Å²) in [6, 6.07) is 0. The lowest BCUT2D eigenvalue weighted by atomic mass is 11.5. The molecule has 1 aliphatic heterocycles. The third-order valence-electron chi connectivity index (χ3n) is 0.273. The Morgan fingerprint density at radius 1 is 1.60 bits per heavy atom. The highest BCUT2D eigenvalue weighted by Crippen LogP contribution is 2.05. The Bertz CT molecular complexity index is 44.9. The SMILES string of the molecule is C1[N]N=NS1. The number of hydrogen-bond acceptors (Lipinski definition) is 3. The summed E-state index contributed by atoms with van der Waals surface area (Å²) in [4.78, 5) is 0. The van der Waals surface area contributed by atoms with Gasteiger partial charge in [0.15, 0.2) is 0 Å². The summed E-state index contributed by atoms with van der Waals surface area (Å²) in [6.07, 6.45) is 0. The molecule has 0 aromatic carbocycles. The first-order valence-electron chi connectivity index (χ1n) is 1.19. The summed E-state index contributed by atoms with van der Waals surface area (Å²) < 4.78 is 3.46. The number of nitrogens with zero attached hydrogens (tertiary/aromatic N) is 3. The van der Waals surface area contributed by atoms with Crippen molar-refractivity contribution >= 4 is 11.9 Å². The molecule has 0 unspecified atom stereocenters. The molecule has 0 fully saturated rings. The lowest BCUT2D eigenvalue weighted by molar-refractivity contribution is 0.831. The maximum absolute atomic E-state index is 3.50. The van der Waals surface area contributed by atoms with E-state index in [1.165, 1.54) is 11.9 Å². The van der Waals surface area contributed by atoms with Gasteiger partial charge in [0, 0.05) is 11.9 Å². The van der Waals surface area contributed by atoms with Crippen molar-refractivity contribution in [1.82, 2.24) is 5.43 Å². The molecule has 0 aromatic heterocycles. The van der Waals surface area contributed by atoms with Gasteiger partial charge in [-0.3, -0.25) is 0 Å². The zero-order chi connectivity index (χ0) is 3.54. The molecule has 1 radical (unpaired) electrons. The molecule has 0 bridgehead atoms. The molecule has 1 heterocycles. The minimum Gasteiger partial charge on any atom is -0.155 e. The first-order valence-corrected chi connectivity index (χ1v) is 2.13. The van der Waals surface area contributed by atoms with Crippen LogP contribution in [0.1, 0.15) is 0 Å². The molecular weight excluding hydrogens is 86.1 g/mol. The molecule has 0 spiro atoms. The first-order chi connectivity index (χ1) is 2.50.